The first-order valence-electron chi connectivity index (χ1n) is 7.40. The van der Waals surface area contributed by atoms with Gasteiger partial charge in [-0.15, -0.1) is 0 Å². The van der Waals surface area contributed by atoms with Gasteiger partial charge in [0.05, 0.1) is 18.7 Å². The molecule has 2 heterocycles. The number of urea groups is 1. The summed E-state index contributed by atoms with van der Waals surface area (Å²) in [6.07, 6.45) is 0. The number of carbonyl (C=O) groups excluding carboxylic acids is 1. The van der Waals surface area contributed by atoms with Crippen molar-refractivity contribution in [3.8, 4) is 0 Å². The Morgan fingerprint density at radius 3 is 2.77 bits per heavy atom. The van der Waals surface area contributed by atoms with Crippen LogP contribution in [-0.2, 0) is 4.74 Å². The Kier molecular flexibility index (Phi) is 4.11. The molecule has 1 saturated heterocycles. The number of hydrogen-bond donors (Lipinski definition) is 2. The summed E-state index contributed by atoms with van der Waals surface area (Å²) in [6, 6.07) is 7.63. The lowest BCUT2D eigenvalue weighted by Gasteiger charge is -2.28. The van der Waals surface area contributed by atoms with E-state index in [0.29, 0.717) is 0 Å². The van der Waals surface area contributed by atoms with Crippen molar-refractivity contribution in [1.82, 2.24) is 10.3 Å². The molecule has 6 heteroatoms. The zero-order valence-electron chi connectivity index (χ0n) is 12.8. The number of rotatable bonds is 2. The molecule has 6 nitrogen and oxygen atoms in total. The van der Waals surface area contributed by atoms with Crippen LogP contribution in [0, 0.1) is 6.92 Å². The number of nitrogens with zero attached hydrogens (tertiary/aromatic N) is 2. The average molecular weight is 300 g/mol. The lowest BCUT2D eigenvalue weighted by Crippen LogP contribution is -2.36. The molecule has 1 aromatic carbocycles. The van der Waals surface area contributed by atoms with E-state index in [-0.39, 0.29) is 6.03 Å². The summed E-state index contributed by atoms with van der Waals surface area (Å²) in [5, 5.41) is 6.38. The van der Waals surface area contributed by atoms with E-state index in [0.717, 1.165) is 54.3 Å². The Hall–Kier alpha value is -2.34. The molecule has 2 N–H and O–H groups in total. The largest absolute Gasteiger partial charge is 0.378 e. The van der Waals surface area contributed by atoms with E-state index in [9.17, 15) is 4.79 Å². The molecule has 0 spiro atoms. The van der Waals surface area contributed by atoms with E-state index in [2.05, 4.69) is 28.5 Å². The molecule has 2 aromatic rings. The first-order chi connectivity index (χ1) is 10.7. The standard InChI is InChI=1S/C16H20N4O2/c1-11-9-15(20-5-7-22-8-6-20)19-14-4-3-12(10-13(11)14)18-16(21)17-2/h3-4,9-10H,5-8H2,1-2H3,(H2,17,18,21). The Bertz CT molecular complexity index is 696. The highest BCUT2D eigenvalue weighted by Gasteiger charge is 2.14. The van der Waals surface area contributed by atoms with Crippen LogP contribution >= 0.6 is 0 Å². The van der Waals surface area contributed by atoms with Gasteiger partial charge in [0, 0.05) is 31.2 Å². The summed E-state index contributed by atoms with van der Waals surface area (Å²) in [5.41, 5.74) is 2.84. The summed E-state index contributed by atoms with van der Waals surface area (Å²) in [5.74, 6) is 0.986. The maximum atomic E-state index is 11.4. The van der Waals surface area contributed by atoms with E-state index in [4.69, 9.17) is 9.72 Å². The third-order valence-corrected chi connectivity index (χ3v) is 3.82. The highest BCUT2D eigenvalue weighted by Crippen LogP contribution is 2.25. The fourth-order valence-corrected chi connectivity index (χ4v) is 2.60. The van der Waals surface area contributed by atoms with Gasteiger partial charge in [0.25, 0.3) is 0 Å². The average Bonchev–Trinajstić information content (AvgIpc) is 2.56. The third-order valence-electron chi connectivity index (χ3n) is 3.82. The first kappa shape index (κ1) is 14.6. The molecule has 116 valence electrons. The summed E-state index contributed by atoms with van der Waals surface area (Å²) in [7, 11) is 1.60. The summed E-state index contributed by atoms with van der Waals surface area (Å²) in [6.45, 7) is 5.29. The van der Waals surface area contributed by atoms with Crippen molar-refractivity contribution in [2.24, 2.45) is 0 Å². The van der Waals surface area contributed by atoms with Gasteiger partial charge in [-0.2, -0.15) is 0 Å². The maximum Gasteiger partial charge on any atom is 0.318 e. The maximum absolute atomic E-state index is 11.4. The topological polar surface area (TPSA) is 66.5 Å². The SMILES string of the molecule is CNC(=O)Nc1ccc2nc(N3CCOCC3)cc(C)c2c1. The number of nitrogens with one attached hydrogen (secondary N) is 2. The fourth-order valence-electron chi connectivity index (χ4n) is 2.60. The van der Waals surface area contributed by atoms with Crippen molar-refractivity contribution in [3.05, 3.63) is 29.8 Å². The van der Waals surface area contributed by atoms with Crippen LogP contribution in [0.15, 0.2) is 24.3 Å². The minimum Gasteiger partial charge on any atom is -0.378 e. The molecule has 22 heavy (non-hydrogen) atoms. The van der Waals surface area contributed by atoms with Gasteiger partial charge in [0.15, 0.2) is 0 Å². The molecule has 1 fully saturated rings. The molecule has 2 amide bonds. The Morgan fingerprint density at radius 1 is 1.27 bits per heavy atom. The van der Waals surface area contributed by atoms with Crippen LogP contribution in [0.2, 0.25) is 0 Å². The summed E-state index contributed by atoms with van der Waals surface area (Å²) >= 11 is 0. The van der Waals surface area contributed by atoms with Gasteiger partial charge in [0.1, 0.15) is 5.82 Å². The molecule has 1 aliphatic heterocycles. The molecule has 0 unspecified atom stereocenters. The van der Waals surface area contributed by atoms with Crippen molar-refractivity contribution >= 4 is 28.4 Å². The fraction of sp³-hybridized carbons (Fsp3) is 0.375. The monoisotopic (exact) mass is 300 g/mol. The van der Waals surface area contributed by atoms with Gasteiger partial charge in [-0.3, -0.25) is 0 Å². The molecular formula is C16H20N4O2. The molecule has 0 saturated carbocycles. The first-order valence-corrected chi connectivity index (χ1v) is 7.40. The lowest BCUT2D eigenvalue weighted by molar-refractivity contribution is 0.122. The van der Waals surface area contributed by atoms with Crippen LogP contribution in [-0.4, -0.2) is 44.4 Å². The number of fused-ring (bicyclic) bond motifs is 1. The second-order valence-corrected chi connectivity index (χ2v) is 5.33. The number of amides is 2. The zero-order chi connectivity index (χ0) is 15.5. The van der Waals surface area contributed by atoms with Crippen LogP contribution in [0.1, 0.15) is 5.56 Å². The minimum atomic E-state index is -0.227. The highest BCUT2D eigenvalue weighted by molar-refractivity contribution is 5.93. The van der Waals surface area contributed by atoms with Crippen LogP contribution in [0.5, 0.6) is 0 Å². The molecule has 0 aliphatic carbocycles. The van der Waals surface area contributed by atoms with Crippen molar-refractivity contribution in [2.45, 2.75) is 6.92 Å². The third kappa shape index (κ3) is 2.96. The molecule has 3 rings (SSSR count). The van der Waals surface area contributed by atoms with Gasteiger partial charge >= 0.3 is 6.03 Å². The quantitative estimate of drug-likeness (QED) is 0.891. The van der Waals surface area contributed by atoms with E-state index in [1.165, 1.54) is 0 Å². The van der Waals surface area contributed by atoms with E-state index >= 15 is 0 Å². The van der Waals surface area contributed by atoms with E-state index < -0.39 is 0 Å². The van der Waals surface area contributed by atoms with Gasteiger partial charge < -0.3 is 20.3 Å². The molecule has 1 aromatic heterocycles. The number of carbonyl (C=O) groups is 1. The number of aryl methyl sites for hydroxylation is 1. The Morgan fingerprint density at radius 2 is 2.05 bits per heavy atom. The molecule has 0 bridgehead atoms. The van der Waals surface area contributed by atoms with Gasteiger partial charge in [-0.1, -0.05) is 0 Å². The summed E-state index contributed by atoms with van der Waals surface area (Å²) in [4.78, 5) is 18.4. The second kappa shape index (κ2) is 6.19. The lowest BCUT2D eigenvalue weighted by atomic mass is 10.1. The number of morpholine rings is 1. The number of aromatic nitrogens is 1. The van der Waals surface area contributed by atoms with Gasteiger partial charge in [-0.25, -0.2) is 9.78 Å². The highest BCUT2D eigenvalue weighted by atomic mass is 16.5. The zero-order valence-corrected chi connectivity index (χ0v) is 12.8. The van der Waals surface area contributed by atoms with Crippen molar-refractivity contribution in [1.29, 1.82) is 0 Å². The molecule has 0 atom stereocenters. The van der Waals surface area contributed by atoms with Crippen LogP contribution in [0.25, 0.3) is 10.9 Å². The number of benzene rings is 1. The van der Waals surface area contributed by atoms with Gasteiger partial charge in [0.2, 0.25) is 0 Å². The predicted molar refractivity (Wildman–Crippen MR) is 87.6 cm³/mol. The molecular weight excluding hydrogens is 280 g/mol. The van der Waals surface area contributed by atoms with Crippen LogP contribution < -0.4 is 15.5 Å². The van der Waals surface area contributed by atoms with Crippen molar-refractivity contribution in [3.63, 3.8) is 0 Å². The Balaban J connectivity index is 1.93. The van der Waals surface area contributed by atoms with Crippen LogP contribution in [0.3, 0.4) is 0 Å². The van der Waals surface area contributed by atoms with E-state index in [1.54, 1.807) is 7.05 Å². The van der Waals surface area contributed by atoms with Gasteiger partial charge in [-0.05, 0) is 36.8 Å². The van der Waals surface area contributed by atoms with Crippen LogP contribution in [0.4, 0.5) is 16.3 Å². The number of anilines is 2. The summed E-state index contributed by atoms with van der Waals surface area (Å²) < 4.78 is 5.39. The van der Waals surface area contributed by atoms with E-state index in [1.807, 2.05) is 18.2 Å². The number of hydrogen-bond acceptors (Lipinski definition) is 4. The minimum absolute atomic E-state index is 0.227. The normalized spacial score (nSPS) is 14.9. The number of ether oxygens (including phenoxy) is 1. The van der Waals surface area contributed by atoms with Crippen molar-refractivity contribution < 1.29 is 9.53 Å². The second-order valence-electron chi connectivity index (χ2n) is 5.33. The molecule has 1 aliphatic rings. The Labute approximate surface area is 129 Å². The smallest absolute Gasteiger partial charge is 0.318 e. The molecule has 0 radical (unpaired) electrons. The predicted octanol–water partition coefficient (Wildman–Crippen LogP) is 2.13. The number of pyridine rings is 1. The van der Waals surface area contributed by atoms with Crippen molar-refractivity contribution in [2.75, 3.05) is 43.6 Å².